The zero-order chi connectivity index (χ0) is 9.14. The number of aliphatic hydroxyl groups is 1. The Labute approximate surface area is 76.2 Å². The summed E-state index contributed by atoms with van der Waals surface area (Å²) in [5.74, 6) is -0.0671. The molecule has 0 aromatic carbocycles. The molecule has 1 aliphatic heterocycles. The van der Waals surface area contributed by atoms with E-state index in [9.17, 15) is 4.79 Å². The van der Waals surface area contributed by atoms with E-state index in [-0.39, 0.29) is 24.5 Å². The first-order valence-electron chi connectivity index (χ1n) is 3.71. The van der Waals surface area contributed by atoms with Crippen molar-refractivity contribution in [3.8, 4) is 0 Å². The quantitative estimate of drug-likeness (QED) is 0.639. The third kappa shape index (κ3) is 2.14. The fourth-order valence-corrected chi connectivity index (χ4v) is 2.09. The van der Waals surface area contributed by atoms with Crippen molar-refractivity contribution in [1.29, 1.82) is 0 Å². The van der Waals surface area contributed by atoms with Gasteiger partial charge in [-0.1, -0.05) is 9.39 Å². The molecule has 70 valence electrons. The van der Waals surface area contributed by atoms with Gasteiger partial charge in [-0.2, -0.15) is 0 Å². The predicted molar refractivity (Wildman–Crippen MR) is 51.2 cm³/mol. The molecule has 0 spiro atoms. The molecule has 0 amide bonds. The molecule has 0 bridgehead atoms. The minimum absolute atomic E-state index is 0.130. The van der Waals surface area contributed by atoms with E-state index in [0.29, 0.717) is 6.42 Å². The molecular weight excluding hydrogens is 196 g/mol. The molecule has 1 saturated heterocycles. The summed E-state index contributed by atoms with van der Waals surface area (Å²) < 4.78 is 6.37. The first-order chi connectivity index (χ1) is 5.69. The summed E-state index contributed by atoms with van der Waals surface area (Å²) in [5.41, 5.74) is 0. The van der Waals surface area contributed by atoms with Crippen molar-refractivity contribution in [1.82, 2.24) is 4.67 Å². The van der Waals surface area contributed by atoms with Crippen molar-refractivity contribution in [3.63, 3.8) is 0 Å². The average Bonchev–Trinajstić information content (AvgIpc) is 2.45. The van der Waals surface area contributed by atoms with Crippen LogP contribution in [-0.2, 0) is 9.32 Å². The van der Waals surface area contributed by atoms with Crippen molar-refractivity contribution in [3.05, 3.63) is 0 Å². The van der Waals surface area contributed by atoms with Crippen LogP contribution in [0.25, 0.3) is 0 Å². The smallest absolute Gasteiger partial charge is 0.325 e. The van der Waals surface area contributed by atoms with Crippen molar-refractivity contribution < 1.29 is 14.4 Å². The Morgan fingerprint density at radius 2 is 2.42 bits per heavy atom. The van der Waals surface area contributed by atoms with E-state index in [4.69, 9.17) is 5.11 Å². The topological polar surface area (TPSA) is 49.8 Å². The highest BCUT2D eigenvalue weighted by Crippen LogP contribution is 2.27. The van der Waals surface area contributed by atoms with Crippen LogP contribution in [0.4, 0.5) is 0 Å². The summed E-state index contributed by atoms with van der Waals surface area (Å²) in [7, 11) is 4.42. The van der Waals surface area contributed by atoms with Gasteiger partial charge in [-0.25, -0.2) is 0 Å². The summed E-state index contributed by atoms with van der Waals surface area (Å²) in [6, 6.07) is -0.218. The summed E-state index contributed by atoms with van der Waals surface area (Å²) in [6.07, 6.45) is 0.674. The molecule has 12 heavy (non-hydrogen) atoms. The SMILES string of the molecule is O=C(OP)[C@@H]1CC(CO)CN1P. The van der Waals surface area contributed by atoms with Crippen LogP contribution in [0.5, 0.6) is 0 Å². The highest BCUT2D eigenvalue weighted by Gasteiger charge is 2.34. The van der Waals surface area contributed by atoms with Gasteiger partial charge < -0.3 is 9.63 Å². The zero-order valence-electron chi connectivity index (χ0n) is 6.64. The Morgan fingerprint density at radius 1 is 1.75 bits per heavy atom. The van der Waals surface area contributed by atoms with Gasteiger partial charge in [0.25, 0.3) is 0 Å². The molecular formula is C6H13NO3P2. The molecule has 0 aliphatic carbocycles. The maximum absolute atomic E-state index is 11.1. The molecule has 1 aliphatic rings. The minimum Gasteiger partial charge on any atom is -0.450 e. The molecule has 1 fully saturated rings. The summed E-state index contributed by atoms with van der Waals surface area (Å²) >= 11 is 0. The summed E-state index contributed by atoms with van der Waals surface area (Å²) in [5, 5.41) is 8.86. The van der Waals surface area contributed by atoms with E-state index in [1.165, 1.54) is 0 Å². The second-order valence-electron chi connectivity index (χ2n) is 2.93. The van der Waals surface area contributed by atoms with Crippen molar-refractivity contribution in [2.45, 2.75) is 12.5 Å². The van der Waals surface area contributed by atoms with Crippen LogP contribution >= 0.6 is 18.9 Å². The lowest BCUT2D eigenvalue weighted by Crippen LogP contribution is -2.28. The van der Waals surface area contributed by atoms with Gasteiger partial charge in [0.1, 0.15) is 6.04 Å². The zero-order valence-corrected chi connectivity index (χ0v) is 8.95. The molecule has 0 aromatic heterocycles. The molecule has 3 unspecified atom stereocenters. The maximum Gasteiger partial charge on any atom is 0.325 e. The van der Waals surface area contributed by atoms with Gasteiger partial charge in [-0.3, -0.25) is 9.46 Å². The van der Waals surface area contributed by atoms with E-state index in [1.54, 1.807) is 0 Å². The van der Waals surface area contributed by atoms with Crippen LogP contribution in [0.1, 0.15) is 6.42 Å². The molecule has 0 saturated carbocycles. The van der Waals surface area contributed by atoms with E-state index in [2.05, 4.69) is 13.9 Å². The second kappa shape index (κ2) is 4.48. The molecule has 1 N–H and O–H groups in total. The second-order valence-corrected chi connectivity index (χ2v) is 3.83. The van der Waals surface area contributed by atoms with E-state index >= 15 is 0 Å². The molecule has 1 rings (SSSR count). The Hall–Kier alpha value is 0.250. The van der Waals surface area contributed by atoms with Crippen LogP contribution in [0.3, 0.4) is 0 Å². The van der Waals surface area contributed by atoms with Crippen LogP contribution in [0, 0.1) is 5.92 Å². The molecule has 0 aromatic rings. The Morgan fingerprint density at radius 3 is 2.83 bits per heavy atom. The molecule has 6 heteroatoms. The number of aliphatic hydroxyl groups excluding tert-OH is 1. The predicted octanol–water partition coefficient (Wildman–Crippen LogP) is -0.207. The number of carbonyl (C=O) groups excluding carboxylic acids is 1. The first kappa shape index (κ1) is 10.3. The van der Waals surface area contributed by atoms with Crippen molar-refractivity contribution >= 4 is 24.8 Å². The van der Waals surface area contributed by atoms with E-state index in [0.717, 1.165) is 6.54 Å². The van der Waals surface area contributed by atoms with Gasteiger partial charge in [0, 0.05) is 13.2 Å². The number of hydrogen-bond donors (Lipinski definition) is 1. The van der Waals surface area contributed by atoms with E-state index in [1.807, 2.05) is 14.1 Å². The first-order valence-corrected chi connectivity index (χ1v) is 4.70. The maximum atomic E-state index is 11.1. The van der Waals surface area contributed by atoms with Gasteiger partial charge in [0.15, 0.2) is 0 Å². The van der Waals surface area contributed by atoms with Crippen molar-refractivity contribution in [2.24, 2.45) is 5.92 Å². The van der Waals surface area contributed by atoms with Crippen LogP contribution in [-0.4, -0.2) is 34.9 Å². The van der Waals surface area contributed by atoms with Gasteiger partial charge in [-0.05, 0) is 12.3 Å². The number of carbonyl (C=O) groups is 1. The molecule has 1 heterocycles. The number of hydrogen-bond acceptors (Lipinski definition) is 4. The largest absolute Gasteiger partial charge is 0.450 e. The third-order valence-electron chi connectivity index (χ3n) is 2.07. The average molecular weight is 209 g/mol. The minimum atomic E-state index is -0.258. The monoisotopic (exact) mass is 209 g/mol. The lowest BCUT2D eigenvalue weighted by molar-refractivity contribution is -0.136. The van der Waals surface area contributed by atoms with Crippen molar-refractivity contribution in [2.75, 3.05) is 13.2 Å². The summed E-state index contributed by atoms with van der Waals surface area (Å²) in [4.78, 5) is 11.1. The Kier molecular flexibility index (Phi) is 3.85. The standard InChI is InChI=1S/C6H13NO3P2/c8-3-4-1-5(6(9)10-12)7(11)2-4/h4-5,8H,1-3,11-12H2/t4?,5-/m0/s1. The fourth-order valence-electron chi connectivity index (χ4n) is 1.39. The molecule has 4 atom stereocenters. The molecule has 4 nitrogen and oxygen atoms in total. The molecule has 0 radical (unpaired) electrons. The Bertz CT molecular complexity index is 178. The lowest BCUT2D eigenvalue weighted by atomic mass is 10.1. The summed E-state index contributed by atoms with van der Waals surface area (Å²) in [6.45, 7) is 0.858. The highest BCUT2D eigenvalue weighted by molar-refractivity contribution is 7.13. The van der Waals surface area contributed by atoms with Gasteiger partial charge in [0.2, 0.25) is 0 Å². The van der Waals surface area contributed by atoms with Crippen LogP contribution in [0.15, 0.2) is 0 Å². The number of rotatable bonds is 2. The number of nitrogens with zero attached hydrogens (tertiary/aromatic N) is 1. The normalized spacial score (nSPS) is 30.6. The lowest BCUT2D eigenvalue weighted by Gasteiger charge is -2.15. The van der Waals surface area contributed by atoms with Gasteiger partial charge in [-0.15, -0.1) is 0 Å². The van der Waals surface area contributed by atoms with Gasteiger partial charge in [0.05, 0.1) is 9.47 Å². The fraction of sp³-hybridized carbons (Fsp3) is 0.833. The highest BCUT2D eigenvalue weighted by atomic mass is 31.0. The third-order valence-corrected chi connectivity index (χ3v) is 2.88. The van der Waals surface area contributed by atoms with E-state index < -0.39 is 0 Å². The Balaban J connectivity index is 2.51. The van der Waals surface area contributed by atoms with Crippen LogP contribution < -0.4 is 0 Å². The van der Waals surface area contributed by atoms with Gasteiger partial charge >= 0.3 is 5.97 Å². The van der Waals surface area contributed by atoms with Crippen LogP contribution in [0.2, 0.25) is 0 Å².